The Morgan fingerprint density at radius 2 is 0.946 bits per heavy atom. The van der Waals surface area contributed by atoms with Crippen molar-refractivity contribution in [3.8, 4) is 34.5 Å². The van der Waals surface area contributed by atoms with Gasteiger partial charge in [-0.3, -0.25) is 0 Å². The number of ether oxygens (including phenoxy) is 2. The second-order valence-electron chi connectivity index (χ2n) is 9.64. The molecule has 0 radical (unpaired) electrons. The molecule has 0 aromatic heterocycles. The number of phenolic OH excluding ortho intramolecular Hbond substituents is 2. The fraction of sp³-hybridized carbons (Fsp3) is 0.0303. The summed E-state index contributed by atoms with van der Waals surface area (Å²) in [7, 11) is 0. The van der Waals surface area contributed by atoms with Gasteiger partial charge < -0.3 is 19.7 Å². The Bertz CT molecular complexity index is 1780. The van der Waals surface area contributed by atoms with E-state index in [1.54, 1.807) is 24.3 Å². The first-order valence-corrected chi connectivity index (χ1v) is 12.2. The average molecular weight is 481 g/mol. The Labute approximate surface area is 212 Å². The summed E-state index contributed by atoms with van der Waals surface area (Å²) in [4.78, 5) is 0. The van der Waals surface area contributed by atoms with Crippen LogP contribution >= 0.6 is 0 Å². The van der Waals surface area contributed by atoms with Crippen molar-refractivity contribution in [3.05, 3.63) is 131 Å². The normalized spacial score (nSPS) is 14.3. The highest BCUT2D eigenvalue weighted by Crippen LogP contribution is 2.63. The summed E-state index contributed by atoms with van der Waals surface area (Å²) < 4.78 is 13.3. The number of hydrogen-bond donors (Lipinski definition) is 2. The summed E-state index contributed by atoms with van der Waals surface area (Å²) in [5.74, 6) is 3.52. The van der Waals surface area contributed by atoms with E-state index in [4.69, 9.17) is 9.47 Å². The molecule has 6 aromatic rings. The van der Waals surface area contributed by atoms with Crippen molar-refractivity contribution in [1.29, 1.82) is 0 Å². The first kappa shape index (κ1) is 20.3. The number of hydrogen-bond acceptors (Lipinski definition) is 4. The number of fused-ring (bicyclic) bond motifs is 12. The molecule has 4 nitrogen and oxygen atoms in total. The van der Waals surface area contributed by atoms with Gasteiger partial charge in [-0.25, -0.2) is 0 Å². The van der Waals surface area contributed by atoms with Crippen LogP contribution < -0.4 is 9.47 Å². The summed E-state index contributed by atoms with van der Waals surface area (Å²) in [5.41, 5.74) is 3.40. The molecule has 0 fully saturated rings. The molecule has 1 spiro atoms. The zero-order chi connectivity index (χ0) is 24.7. The van der Waals surface area contributed by atoms with Gasteiger partial charge in [-0.15, -0.1) is 0 Å². The van der Waals surface area contributed by atoms with Crippen LogP contribution in [0.4, 0.5) is 0 Å². The standard InChI is InChI=1S/C33H20O4/c34-21-11-13-23-19(17-21)9-15-27-31(23)37-32-24-14-12-22(35)18-20(24)10-16-28(32)33(27)25-5-1-3-7-29(25)36-30-8-4-2-6-26(30)33/h1-18,34-35H. The van der Waals surface area contributed by atoms with E-state index in [0.29, 0.717) is 0 Å². The molecule has 2 aliphatic heterocycles. The largest absolute Gasteiger partial charge is 0.508 e. The van der Waals surface area contributed by atoms with Gasteiger partial charge in [0.1, 0.15) is 34.5 Å². The molecule has 2 aliphatic rings. The molecule has 4 heteroatoms. The van der Waals surface area contributed by atoms with Gasteiger partial charge in [0.15, 0.2) is 0 Å². The number of para-hydroxylation sites is 2. The first-order valence-electron chi connectivity index (χ1n) is 12.2. The third kappa shape index (κ3) is 2.56. The maximum atomic E-state index is 10.2. The molecule has 0 saturated heterocycles. The van der Waals surface area contributed by atoms with Crippen LogP contribution in [0.15, 0.2) is 109 Å². The number of rotatable bonds is 0. The molecule has 0 atom stereocenters. The number of phenols is 2. The number of aromatic hydroxyl groups is 2. The monoisotopic (exact) mass is 480 g/mol. The summed E-state index contributed by atoms with van der Waals surface area (Å²) in [5, 5.41) is 24.0. The summed E-state index contributed by atoms with van der Waals surface area (Å²) >= 11 is 0. The molecule has 2 heterocycles. The minimum atomic E-state index is -0.702. The van der Waals surface area contributed by atoms with Crippen LogP contribution in [0.5, 0.6) is 34.5 Å². The van der Waals surface area contributed by atoms with Gasteiger partial charge in [-0.2, -0.15) is 0 Å². The smallest absolute Gasteiger partial charge is 0.140 e. The maximum Gasteiger partial charge on any atom is 0.140 e. The van der Waals surface area contributed by atoms with Crippen molar-refractivity contribution in [2.24, 2.45) is 0 Å². The van der Waals surface area contributed by atoms with Crippen molar-refractivity contribution >= 4 is 21.5 Å². The van der Waals surface area contributed by atoms with Crippen LogP contribution in [0.3, 0.4) is 0 Å². The quantitative estimate of drug-likeness (QED) is 0.231. The second kappa shape index (κ2) is 7.05. The Balaban J connectivity index is 1.61. The van der Waals surface area contributed by atoms with E-state index >= 15 is 0 Å². The van der Waals surface area contributed by atoms with Gasteiger partial charge in [-0.1, -0.05) is 60.7 Å². The van der Waals surface area contributed by atoms with Gasteiger partial charge in [-0.05, 0) is 59.3 Å². The highest BCUT2D eigenvalue weighted by molar-refractivity contribution is 5.98. The van der Waals surface area contributed by atoms with Gasteiger partial charge >= 0.3 is 0 Å². The van der Waals surface area contributed by atoms with Crippen molar-refractivity contribution in [3.63, 3.8) is 0 Å². The summed E-state index contributed by atoms with van der Waals surface area (Å²) in [6, 6.07) is 35.4. The van der Waals surface area contributed by atoms with E-state index in [1.807, 2.05) is 60.7 Å². The van der Waals surface area contributed by atoms with Crippen LogP contribution in [-0.4, -0.2) is 10.2 Å². The van der Waals surface area contributed by atoms with E-state index in [0.717, 1.165) is 66.8 Å². The fourth-order valence-electron chi connectivity index (χ4n) is 6.21. The summed E-state index contributed by atoms with van der Waals surface area (Å²) in [6.45, 7) is 0. The van der Waals surface area contributed by atoms with Crippen LogP contribution in [0.25, 0.3) is 21.5 Å². The predicted molar refractivity (Wildman–Crippen MR) is 143 cm³/mol. The Kier molecular flexibility index (Phi) is 3.86. The fourth-order valence-corrected chi connectivity index (χ4v) is 6.21. The van der Waals surface area contributed by atoms with E-state index in [1.165, 1.54) is 0 Å². The van der Waals surface area contributed by atoms with Crippen molar-refractivity contribution in [1.82, 2.24) is 0 Å². The topological polar surface area (TPSA) is 58.9 Å². The van der Waals surface area contributed by atoms with Crippen molar-refractivity contribution in [2.75, 3.05) is 0 Å². The lowest BCUT2D eigenvalue weighted by molar-refractivity contribution is 0.404. The molecular weight excluding hydrogens is 460 g/mol. The van der Waals surface area contributed by atoms with E-state index in [9.17, 15) is 10.2 Å². The molecule has 0 unspecified atom stereocenters. The van der Waals surface area contributed by atoms with Crippen LogP contribution in [0, 0.1) is 0 Å². The SMILES string of the molecule is Oc1ccc2c3c(ccc2c1)C1(c2ccccc2Oc2ccccc21)c1ccc2cc(O)ccc2c1O3. The number of benzene rings is 6. The lowest BCUT2D eigenvalue weighted by Crippen LogP contribution is -2.36. The maximum absolute atomic E-state index is 10.2. The average Bonchev–Trinajstić information content (AvgIpc) is 2.92. The molecule has 0 bridgehead atoms. The van der Waals surface area contributed by atoms with Gasteiger partial charge in [0.25, 0.3) is 0 Å². The van der Waals surface area contributed by atoms with Crippen LogP contribution in [-0.2, 0) is 5.41 Å². The molecule has 0 saturated carbocycles. The molecule has 8 rings (SSSR count). The highest BCUT2D eigenvalue weighted by atomic mass is 16.5. The molecule has 37 heavy (non-hydrogen) atoms. The van der Waals surface area contributed by atoms with Crippen LogP contribution in [0.1, 0.15) is 22.3 Å². The Morgan fingerprint density at radius 1 is 0.459 bits per heavy atom. The molecule has 2 N–H and O–H groups in total. The minimum absolute atomic E-state index is 0.209. The van der Waals surface area contributed by atoms with Gasteiger partial charge in [0, 0.05) is 33.0 Å². The molecule has 6 aromatic carbocycles. The Hall–Kier alpha value is -4.96. The molecule has 0 aliphatic carbocycles. The predicted octanol–water partition coefficient (Wildman–Crippen LogP) is 8.00. The third-order valence-electron chi connectivity index (χ3n) is 7.72. The molecular formula is C33H20O4. The van der Waals surface area contributed by atoms with Crippen LogP contribution in [0.2, 0.25) is 0 Å². The van der Waals surface area contributed by atoms with Gasteiger partial charge in [0.05, 0.1) is 5.41 Å². The minimum Gasteiger partial charge on any atom is -0.508 e. The molecule has 176 valence electrons. The zero-order valence-electron chi connectivity index (χ0n) is 19.6. The van der Waals surface area contributed by atoms with E-state index < -0.39 is 5.41 Å². The zero-order valence-corrected chi connectivity index (χ0v) is 19.6. The second-order valence-corrected chi connectivity index (χ2v) is 9.64. The highest BCUT2D eigenvalue weighted by Gasteiger charge is 2.51. The Morgan fingerprint density at radius 3 is 1.46 bits per heavy atom. The first-order chi connectivity index (χ1) is 18.1. The van der Waals surface area contributed by atoms with E-state index in [2.05, 4.69) is 24.3 Å². The summed E-state index contributed by atoms with van der Waals surface area (Å²) in [6.07, 6.45) is 0. The van der Waals surface area contributed by atoms with Crippen molar-refractivity contribution < 1.29 is 19.7 Å². The molecule has 0 amide bonds. The van der Waals surface area contributed by atoms with Gasteiger partial charge in [0.2, 0.25) is 0 Å². The third-order valence-corrected chi connectivity index (χ3v) is 7.72. The van der Waals surface area contributed by atoms with Crippen molar-refractivity contribution in [2.45, 2.75) is 5.41 Å². The van der Waals surface area contributed by atoms with E-state index in [-0.39, 0.29) is 11.5 Å². The lowest BCUT2D eigenvalue weighted by atomic mass is 9.62. The lowest BCUT2D eigenvalue weighted by Gasteiger charge is -2.45.